The highest BCUT2D eigenvalue weighted by molar-refractivity contribution is 7.92. The second-order valence-electron chi connectivity index (χ2n) is 4.11. The summed E-state index contributed by atoms with van der Waals surface area (Å²) >= 11 is 0. The zero-order valence-corrected chi connectivity index (χ0v) is 11.4. The topological polar surface area (TPSA) is 110 Å². The van der Waals surface area contributed by atoms with Crippen LogP contribution in [0, 0.1) is 0 Å². The molecule has 0 unspecified atom stereocenters. The number of aromatic amines is 1. The van der Waals surface area contributed by atoms with Crippen molar-refractivity contribution in [2.45, 2.75) is 5.51 Å². The maximum absolute atomic E-state index is 12.1. The Morgan fingerprint density at radius 1 is 1.43 bits per heavy atom. The van der Waals surface area contributed by atoms with Crippen molar-refractivity contribution in [1.82, 2.24) is 19.7 Å². The number of hydrogen-bond donors (Lipinski definition) is 2. The number of aromatic nitrogens is 4. The average Bonchev–Trinajstić information content (AvgIpc) is 2.70. The van der Waals surface area contributed by atoms with Crippen molar-refractivity contribution in [2.75, 3.05) is 17.6 Å². The Morgan fingerprint density at radius 3 is 2.71 bits per heavy atom. The van der Waals surface area contributed by atoms with Gasteiger partial charge in [0, 0.05) is 13.6 Å². The molecule has 12 heteroatoms. The largest absolute Gasteiger partial charge is 0.497 e. The lowest BCUT2D eigenvalue weighted by Crippen LogP contribution is -2.29. The van der Waals surface area contributed by atoms with Crippen molar-refractivity contribution in [1.29, 1.82) is 0 Å². The molecule has 0 radical (unpaired) electrons. The Kier molecular flexibility index (Phi) is 3.65. The molecule has 2 rings (SSSR count). The Labute approximate surface area is 115 Å². The Morgan fingerprint density at radius 2 is 2.10 bits per heavy atom. The minimum absolute atomic E-state index is 0.131. The molecule has 0 aliphatic rings. The Bertz CT molecular complexity index is 823. The molecule has 0 saturated heterocycles. The third-order valence-corrected chi connectivity index (χ3v) is 4.06. The summed E-state index contributed by atoms with van der Waals surface area (Å²) in [5.74, 6) is -1.29. The SMILES string of the molecule is Cn1ncc2c(=O)[nH]c(NCCS(=O)(=O)C(F)(F)F)nc21. The first-order valence-corrected chi connectivity index (χ1v) is 7.22. The Hall–Kier alpha value is -2.11. The highest BCUT2D eigenvalue weighted by Crippen LogP contribution is 2.23. The van der Waals surface area contributed by atoms with Crippen LogP contribution in [0.15, 0.2) is 11.0 Å². The number of rotatable bonds is 4. The molecule has 2 aromatic heterocycles. The molecule has 0 atom stereocenters. The molecule has 0 bridgehead atoms. The van der Waals surface area contributed by atoms with Gasteiger partial charge in [-0.15, -0.1) is 0 Å². The van der Waals surface area contributed by atoms with E-state index in [2.05, 4.69) is 20.4 Å². The molecule has 116 valence electrons. The minimum Gasteiger partial charge on any atom is -0.355 e. The van der Waals surface area contributed by atoms with E-state index >= 15 is 0 Å². The Balaban J connectivity index is 2.15. The van der Waals surface area contributed by atoms with Gasteiger partial charge in [0.15, 0.2) is 5.65 Å². The van der Waals surface area contributed by atoms with Crippen LogP contribution in [0.3, 0.4) is 0 Å². The molecule has 0 aliphatic carbocycles. The van der Waals surface area contributed by atoms with E-state index in [-0.39, 0.29) is 17.0 Å². The fourth-order valence-corrected chi connectivity index (χ4v) is 2.14. The molecule has 0 spiro atoms. The molecule has 0 saturated carbocycles. The summed E-state index contributed by atoms with van der Waals surface area (Å²) in [4.78, 5) is 17.9. The zero-order valence-electron chi connectivity index (χ0n) is 10.6. The number of nitrogens with zero attached hydrogens (tertiary/aromatic N) is 3. The lowest BCUT2D eigenvalue weighted by Gasteiger charge is -2.09. The molecule has 8 nitrogen and oxygen atoms in total. The van der Waals surface area contributed by atoms with E-state index < -0.39 is 33.2 Å². The van der Waals surface area contributed by atoms with E-state index in [4.69, 9.17) is 0 Å². The first-order chi connectivity index (χ1) is 9.62. The van der Waals surface area contributed by atoms with Crippen molar-refractivity contribution in [2.24, 2.45) is 7.05 Å². The van der Waals surface area contributed by atoms with Crippen LogP contribution >= 0.6 is 0 Å². The number of alkyl halides is 3. The van der Waals surface area contributed by atoms with Gasteiger partial charge in [-0.05, 0) is 0 Å². The van der Waals surface area contributed by atoms with Crippen molar-refractivity contribution >= 4 is 26.8 Å². The molecule has 21 heavy (non-hydrogen) atoms. The van der Waals surface area contributed by atoms with E-state index in [1.165, 1.54) is 17.9 Å². The van der Waals surface area contributed by atoms with Crippen LogP contribution in [0.5, 0.6) is 0 Å². The van der Waals surface area contributed by atoms with Crippen LogP contribution in [-0.2, 0) is 16.9 Å². The number of fused-ring (bicyclic) bond motifs is 1. The third kappa shape index (κ3) is 2.99. The van der Waals surface area contributed by atoms with Gasteiger partial charge < -0.3 is 5.32 Å². The van der Waals surface area contributed by atoms with Crippen LogP contribution in [0.1, 0.15) is 0 Å². The summed E-state index contributed by atoms with van der Waals surface area (Å²) in [6.45, 7) is -0.547. The molecule has 0 fully saturated rings. The van der Waals surface area contributed by atoms with Gasteiger partial charge in [0.25, 0.3) is 5.56 Å². The van der Waals surface area contributed by atoms with Crippen LogP contribution in [0.2, 0.25) is 0 Å². The maximum Gasteiger partial charge on any atom is 0.497 e. The standard InChI is InChI=1S/C9H10F3N5O3S/c1-17-6-5(4-14-17)7(18)16-8(15-6)13-2-3-21(19,20)9(10,11)12/h4H,2-3H2,1H3,(H2,13,15,16,18). The number of aryl methyl sites for hydroxylation is 1. The fraction of sp³-hybridized carbons (Fsp3) is 0.444. The van der Waals surface area contributed by atoms with Gasteiger partial charge in [-0.25, -0.2) is 8.42 Å². The van der Waals surface area contributed by atoms with E-state index in [1.54, 1.807) is 0 Å². The molecule has 0 amide bonds. The van der Waals surface area contributed by atoms with E-state index in [9.17, 15) is 26.4 Å². The van der Waals surface area contributed by atoms with Gasteiger partial charge in [0.05, 0.1) is 11.9 Å². The van der Waals surface area contributed by atoms with Crippen LogP contribution in [0.25, 0.3) is 11.0 Å². The highest BCUT2D eigenvalue weighted by Gasteiger charge is 2.44. The quantitative estimate of drug-likeness (QED) is 0.819. The first kappa shape index (κ1) is 15.3. The monoisotopic (exact) mass is 325 g/mol. The second kappa shape index (κ2) is 5.02. The number of anilines is 1. The summed E-state index contributed by atoms with van der Waals surface area (Å²) in [6, 6.07) is 0. The van der Waals surface area contributed by atoms with E-state index in [1.807, 2.05) is 0 Å². The third-order valence-electron chi connectivity index (χ3n) is 2.62. The highest BCUT2D eigenvalue weighted by atomic mass is 32.2. The number of nitrogens with one attached hydrogen (secondary N) is 2. The number of hydrogen-bond acceptors (Lipinski definition) is 6. The lowest BCUT2D eigenvalue weighted by atomic mass is 10.4. The van der Waals surface area contributed by atoms with E-state index in [0.717, 1.165) is 0 Å². The number of H-pyrrole nitrogens is 1. The van der Waals surface area contributed by atoms with Crippen LogP contribution in [-0.4, -0.2) is 46.0 Å². The molecule has 0 aliphatic heterocycles. The van der Waals surface area contributed by atoms with Gasteiger partial charge in [0.1, 0.15) is 5.39 Å². The van der Waals surface area contributed by atoms with Crippen LogP contribution < -0.4 is 10.9 Å². The van der Waals surface area contributed by atoms with Crippen molar-refractivity contribution in [3.05, 3.63) is 16.6 Å². The lowest BCUT2D eigenvalue weighted by molar-refractivity contribution is -0.0434. The molecule has 2 aromatic rings. The predicted molar refractivity (Wildman–Crippen MR) is 67.5 cm³/mol. The van der Waals surface area contributed by atoms with Crippen molar-refractivity contribution in [3.63, 3.8) is 0 Å². The minimum atomic E-state index is -5.30. The smallest absolute Gasteiger partial charge is 0.355 e. The first-order valence-electron chi connectivity index (χ1n) is 5.57. The van der Waals surface area contributed by atoms with Gasteiger partial charge in [-0.3, -0.25) is 14.5 Å². The summed E-state index contributed by atoms with van der Waals surface area (Å²) < 4.78 is 59.5. The van der Waals surface area contributed by atoms with Crippen molar-refractivity contribution < 1.29 is 21.6 Å². The molecule has 2 heterocycles. The fourth-order valence-electron chi connectivity index (χ4n) is 1.54. The number of halogens is 3. The normalized spacial score (nSPS) is 12.8. The summed E-state index contributed by atoms with van der Waals surface area (Å²) in [5.41, 5.74) is -5.61. The van der Waals surface area contributed by atoms with Crippen LogP contribution in [0.4, 0.5) is 19.1 Å². The van der Waals surface area contributed by atoms with Gasteiger partial charge in [-0.1, -0.05) is 0 Å². The zero-order chi connectivity index (χ0) is 15.8. The van der Waals surface area contributed by atoms with E-state index in [0.29, 0.717) is 0 Å². The summed E-state index contributed by atoms with van der Waals surface area (Å²) in [6.07, 6.45) is 1.29. The summed E-state index contributed by atoms with van der Waals surface area (Å²) in [7, 11) is -3.68. The molecule has 2 N–H and O–H groups in total. The maximum atomic E-state index is 12.1. The molecular weight excluding hydrogens is 315 g/mol. The van der Waals surface area contributed by atoms with Gasteiger partial charge in [-0.2, -0.15) is 23.3 Å². The predicted octanol–water partition coefficient (Wildman–Crippen LogP) is 0.00310. The second-order valence-corrected chi connectivity index (χ2v) is 6.21. The average molecular weight is 325 g/mol. The molecule has 0 aromatic carbocycles. The van der Waals surface area contributed by atoms with Crippen molar-refractivity contribution in [3.8, 4) is 0 Å². The molecular formula is C9H10F3N5O3S. The summed E-state index contributed by atoms with van der Waals surface area (Å²) in [5, 5.41) is 6.36. The number of sulfone groups is 1. The van der Waals surface area contributed by atoms with Gasteiger partial charge >= 0.3 is 5.51 Å². The van der Waals surface area contributed by atoms with Gasteiger partial charge in [0.2, 0.25) is 15.8 Å².